The summed E-state index contributed by atoms with van der Waals surface area (Å²) in [6, 6.07) is 14.4. The second-order valence-electron chi connectivity index (χ2n) is 6.32. The van der Waals surface area contributed by atoms with Crippen LogP contribution in [0, 0.1) is 6.92 Å². The molecule has 1 fully saturated rings. The zero-order valence-corrected chi connectivity index (χ0v) is 14.7. The number of hydrogen-bond acceptors (Lipinski definition) is 4. The van der Waals surface area contributed by atoms with Crippen LogP contribution in [0.2, 0.25) is 0 Å². The van der Waals surface area contributed by atoms with E-state index in [0.29, 0.717) is 31.9 Å². The summed E-state index contributed by atoms with van der Waals surface area (Å²) in [5.41, 5.74) is 2.39. The summed E-state index contributed by atoms with van der Waals surface area (Å²) in [7, 11) is 0. The molecule has 0 aliphatic carbocycles. The van der Waals surface area contributed by atoms with Crippen molar-refractivity contribution in [3.05, 3.63) is 59.7 Å². The van der Waals surface area contributed by atoms with Gasteiger partial charge in [0.15, 0.2) is 6.61 Å². The van der Waals surface area contributed by atoms with Gasteiger partial charge in [-0.2, -0.15) is 0 Å². The fraction of sp³-hybridized carbons (Fsp3) is 0.300. The second kappa shape index (κ2) is 7.91. The molecule has 1 aliphatic rings. The fourth-order valence-corrected chi connectivity index (χ4v) is 2.90. The zero-order valence-electron chi connectivity index (χ0n) is 14.7. The Morgan fingerprint density at radius 1 is 0.962 bits per heavy atom. The van der Waals surface area contributed by atoms with Crippen molar-refractivity contribution in [2.24, 2.45) is 0 Å². The first kappa shape index (κ1) is 17.8. The zero-order chi connectivity index (χ0) is 18.5. The Morgan fingerprint density at radius 3 is 2.15 bits per heavy atom. The summed E-state index contributed by atoms with van der Waals surface area (Å²) in [5, 5.41) is 8.96. The second-order valence-corrected chi connectivity index (χ2v) is 6.32. The molecule has 0 bridgehead atoms. The molecular weight excluding hydrogens is 332 g/mol. The molecule has 6 nitrogen and oxygen atoms in total. The lowest BCUT2D eigenvalue weighted by molar-refractivity contribution is -0.133. The maximum absolute atomic E-state index is 12.3. The third-order valence-corrected chi connectivity index (χ3v) is 4.50. The number of carbonyl (C=O) groups excluding carboxylic acids is 1. The normalized spacial score (nSPS) is 14.2. The molecule has 26 heavy (non-hydrogen) atoms. The predicted octanol–water partition coefficient (Wildman–Crippen LogP) is 2.42. The molecule has 1 N–H and O–H groups in total. The number of nitrogens with zero attached hydrogens (tertiary/aromatic N) is 2. The van der Waals surface area contributed by atoms with Crippen LogP contribution in [0.1, 0.15) is 15.9 Å². The first-order valence-electron chi connectivity index (χ1n) is 8.58. The number of ether oxygens (including phenoxy) is 1. The number of carboxylic acid groups (broad SMARTS) is 1. The number of aromatic carboxylic acids is 1. The van der Waals surface area contributed by atoms with Crippen molar-refractivity contribution in [2.45, 2.75) is 6.92 Å². The molecule has 0 unspecified atom stereocenters. The van der Waals surface area contributed by atoms with Gasteiger partial charge in [0.2, 0.25) is 0 Å². The molecule has 0 saturated carbocycles. The Balaban J connectivity index is 1.48. The number of amides is 1. The Kier molecular flexibility index (Phi) is 5.41. The highest BCUT2D eigenvalue weighted by atomic mass is 16.5. The molecule has 1 aliphatic heterocycles. The van der Waals surface area contributed by atoms with E-state index in [9.17, 15) is 9.59 Å². The molecule has 0 atom stereocenters. The Bertz CT molecular complexity index is 763. The van der Waals surface area contributed by atoms with Crippen LogP contribution in [0.25, 0.3) is 0 Å². The molecule has 2 aromatic rings. The predicted molar refractivity (Wildman–Crippen MR) is 98.9 cm³/mol. The molecule has 6 heteroatoms. The van der Waals surface area contributed by atoms with E-state index in [4.69, 9.17) is 9.84 Å². The van der Waals surface area contributed by atoms with E-state index in [0.717, 1.165) is 11.3 Å². The summed E-state index contributed by atoms with van der Waals surface area (Å²) in [4.78, 5) is 27.2. The molecule has 1 amide bonds. The average Bonchev–Trinajstić information content (AvgIpc) is 2.67. The molecule has 0 radical (unpaired) electrons. The highest BCUT2D eigenvalue weighted by Gasteiger charge is 2.21. The number of carboxylic acids is 1. The molecule has 1 heterocycles. The smallest absolute Gasteiger partial charge is 0.335 e. The van der Waals surface area contributed by atoms with Crippen molar-refractivity contribution in [3.8, 4) is 5.75 Å². The Labute approximate surface area is 152 Å². The van der Waals surface area contributed by atoms with Gasteiger partial charge < -0.3 is 19.6 Å². The van der Waals surface area contributed by atoms with Gasteiger partial charge in [-0.15, -0.1) is 0 Å². The van der Waals surface area contributed by atoms with Crippen LogP contribution in [0.3, 0.4) is 0 Å². The van der Waals surface area contributed by atoms with E-state index in [1.54, 1.807) is 29.2 Å². The lowest BCUT2D eigenvalue weighted by Crippen LogP contribution is -2.50. The standard InChI is InChI=1S/C20H22N2O4/c1-15-2-8-18(9-3-15)26-14-19(23)22-12-10-21(11-13-22)17-6-4-16(5-7-17)20(24)25/h2-9H,10-14H2,1H3,(H,24,25). The first-order valence-corrected chi connectivity index (χ1v) is 8.58. The largest absolute Gasteiger partial charge is 0.484 e. The molecule has 2 aromatic carbocycles. The number of piperazine rings is 1. The SMILES string of the molecule is Cc1ccc(OCC(=O)N2CCN(c3ccc(C(=O)O)cc3)CC2)cc1. The number of rotatable bonds is 5. The Morgan fingerprint density at radius 2 is 1.58 bits per heavy atom. The molecule has 1 saturated heterocycles. The quantitative estimate of drug-likeness (QED) is 0.893. The number of benzene rings is 2. The maximum Gasteiger partial charge on any atom is 0.335 e. The van der Waals surface area contributed by atoms with Crippen molar-refractivity contribution in [1.29, 1.82) is 0 Å². The van der Waals surface area contributed by atoms with Gasteiger partial charge in [0.05, 0.1) is 5.56 Å². The van der Waals surface area contributed by atoms with Gasteiger partial charge >= 0.3 is 5.97 Å². The van der Waals surface area contributed by atoms with Crippen LogP contribution in [0.5, 0.6) is 5.75 Å². The van der Waals surface area contributed by atoms with Crippen LogP contribution in [0.4, 0.5) is 5.69 Å². The summed E-state index contributed by atoms with van der Waals surface area (Å²) >= 11 is 0. The molecule has 3 rings (SSSR count). The van der Waals surface area contributed by atoms with Gasteiger partial charge in [-0.05, 0) is 43.3 Å². The van der Waals surface area contributed by atoms with Crippen molar-refractivity contribution in [3.63, 3.8) is 0 Å². The third kappa shape index (κ3) is 4.33. The Hall–Kier alpha value is -3.02. The fourth-order valence-electron chi connectivity index (χ4n) is 2.90. The minimum Gasteiger partial charge on any atom is -0.484 e. The topological polar surface area (TPSA) is 70.1 Å². The van der Waals surface area contributed by atoms with E-state index in [-0.39, 0.29) is 18.1 Å². The lowest BCUT2D eigenvalue weighted by atomic mass is 10.2. The third-order valence-electron chi connectivity index (χ3n) is 4.50. The first-order chi connectivity index (χ1) is 12.5. The highest BCUT2D eigenvalue weighted by Crippen LogP contribution is 2.18. The van der Waals surface area contributed by atoms with E-state index in [2.05, 4.69) is 4.90 Å². The van der Waals surface area contributed by atoms with Crippen LogP contribution in [-0.2, 0) is 4.79 Å². The highest BCUT2D eigenvalue weighted by molar-refractivity contribution is 5.88. The van der Waals surface area contributed by atoms with Gasteiger partial charge in [-0.25, -0.2) is 4.79 Å². The van der Waals surface area contributed by atoms with E-state index in [1.807, 2.05) is 31.2 Å². The summed E-state index contributed by atoms with van der Waals surface area (Å²) in [5.74, 6) is -0.256. The van der Waals surface area contributed by atoms with Crippen LogP contribution in [-0.4, -0.2) is 54.7 Å². The monoisotopic (exact) mass is 354 g/mol. The van der Waals surface area contributed by atoms with E-state index >= 15 is 0 Å². The minimum absolute atomic E-state index is 0.0218. The van der Waals surface area contributed by atoms with Crippen LogP contribution < -0.4 is 9.64 Å². The molecular formula is C20H22N2O4. The van der Waals surface area contributed by atoms with E-state index < -0.39 is 5.97 Å². The molecule has 0 aromatic heterocycles. The summed E-state index contributed by atoms with van der Waals surface area (Å²) in [6.45, 7) is 4.71. The number of hydrogen-bond donors (Lipinski definition) is 1. The van der Waals surface area contributed by atoms with Gasteiger partial charge in [0, 0.05) is 31.9 Å². The minimum atomic E-state index is -0.930. The van der Waals surface area contributed by atoms with E-state index in [1.165, 1.54) is 0 Å². The number of aryl methyl sites for hydroxylation is 1. The lowest BCUT2D eigenvalue weighted by Gasteiger charge is -2.36. The van der Waals surface area contributed by atoms with Gasteiger partial charge in [-0.1, -0.05) is 17.7 Å². The average molecular weight is 354 g/mol. The maximum atomic E-state index is 12.3. The number of carbonyl (C=O) groups is 2. The van der Waals surface area contributed by atoms with Gasteiger partial charge in [0.1, 0.15) is 5.75 Å². The van der Waals surface area contributed by atoms with Gasteiger partial charge in [-0.3, -0.25) is 4.79 Å². The van der Waals surface area contributed by atoms with Crippen LogP contribution in [0.15, 0.2) is 48.5 Å². The molecule has 0 spiro atoms. The molecule has 136 valence electrons. The summed E-state index contributed by atoms with van der Waals surface area (Å²) < 4.78 is 5.56. The van der Waals surface area contributed by atoms with Gasteiger partial charge in [0.25, 0.3) is 5.91 Å². The van der Waals surface area contributed by atoms with Crippen molar-refractivity contribution < 1.29 is 19.4 Å². The summed E-state index contributed by atoms with van der Waals surface area (Å²) in [6.07, 6.45) is 0. The van der Waals surface area contributed by atoms with Crippen molar-refractivity contribution >= 4 is 17.6 Å². The van der Waals surface area contributed by atoms with Crippen LogP contribution >= 0.6 is 0 Å². The van der Waals surface area contributed by atoms with Crippen molar-refractivity contribution in [1.82, 2.24) is 4.90 Å². The van der Waals surface area contributed by atoms with Crippen molar-refractivity contribution in [2.75, 3.05) is 37.7 Å². The number of anilines is 1.